The monoisotopic (exact) mass is 338 g/mol. The summed E-state index contributed by atoms with van der Waals surface area (Å²) in [7, 11) is 0. The summed E-state index contributed by atoms with van der Waals surface area (Å²) in [5.41, 5.74) is 0. The molecule has 3 heteroatoms. The van der Waals surface area contributed by atoms with Crippen LogP contribution in [0.2, 0.25) is 0 Å². The van der Waals surface area contributed by atoms with Crippen LogP contribution in [0.4, 0.5) is 0 Å². The Morgan fingerprint density at radius 1 is 0.875 bits per heavy atom. The van der Waals surface area contributed by atoms with Gasteiger partial charge >= 0.3 is 0 Å². The number of hydrogen-bond acceptors (Lipinski definition) is 3. The molecule has 0 aromatic heterocycles. The summed E-state index contributed by atoms with van der Waals surface area (Å²) in [5, 5.41) is 3.66. The van der Waals surface area contributed by atoms with E-state index in [-0.39, 0.29) is 0 Å². The smallest absolute Gasteiger partial charge is 0.0714 e. The molecule has 142 valence electrons. The van der Waals surface area contributed by atoms with E-state index >= 15 is 0 Å². The molecule has 2 atom stereocenters. The van der Waals surface area contributed by atoms with E-state index < -0.39 is 0 Å². The fraction of sp³-hybridized carbons (Fsp3) is 1.00. The maximum absolute atomic E-state index is 6.09. The summed E-state index contributed by atoms with van der Waals surface area (Å²) in [6.45, 7) is 8.18. The molecule has 0 aliphatic carbocycles. The molecule has 0 unspecified atom stereocenters. The summed E-state index contributed by atoms with van der Waals surface area (Å²) >= 11 is 0. The van der Waals surface area contributed by atoms with E-state index in [0.717, 1.165) is 13.2 Å². The zero-order valence-corrected chi connectivity index (χ0v) is 16.2. The second kappa shape index (κ2) is 13.1. The van der Waals surface area contributed by atoms with Crippen LogP contribution in [-0.2, 0) is 4.74 Å². The lowest BCUT2D eigenvalue weighted by molar-refractivity contribution is 0.0617. The van der Waals surface area contributed by atoms with Gasteiger partial charge in [-0.1, -0.05) is 64.7 Å². The Morgan fingerprint density at radius 2 is 1.50 bits per heavy atom. The lowest BCUT2D eigenvalue weighted by Gasteiger charge is -2.19. The maximum atomic E-state index is 6.09. The van der Waals surface area contributed by atoms with Gasteiger partial charge in [0.2, 0.25) is 0 Å². The summed E-state index contributed by atoms with van der Waals surface area (Å²) in [5.74, 6) is 0. The summed E-state index contributed by atoms with van der Waals surface area (Å²) in [6, 6.07) is 0.667. The number of unbranched alkanes of at least 4 members (excludes halogenated alkanes) is 9. The average molecular weight is 339 g/mol. The molecule has 2 aliphatic rings. The minimum atomic E-state index is 0.469. The predicted octanol–water partition coefficient (Wildman–Crippen LogP) is 4.75. The molecule has 0 spiro atoms. The molecular formula is C21H42N2O. The van der Waals surface area contributed by atoms with E-state index in [1.807, 2.05) is 0 Å². The molecule has 24 heavy (non-hydrogen) atoms. The number of ether oxygens (including phenoxy) is 1. The first-order valence-corrected chi connectivity index (χ1v) is 11.0. The van der Waals surface area contributed by atoms with Crippen molar-refractivity contribution in [2.75, 3.05) is 32.8 Å². The van der Waals surface area contributed by atoms with Crippen molar-refractivity contribution < 1.29 is 4.74 Å². The van der Waals surface area contributed by atoms with Crippen LogP contribution in [0.3, 0.4) is 0 Å². The molecule has 0 aromatic rings. The average Bonchev–Trinajstić information content (AvgIpc) is 3.25. The Balaban J connectivity index is 1.34. The quantitative estimate of drug-likeness (QED) is 0.463. The Morgan fingerprint density at radius 3 is 2.17 bits per heavy atom. The van der Waals surface area contributed by atoms with Crippen molar-refractivity contribution >= 4 is 0 Å². The zero-order valence-electron chi connectivity index (χ0n) is 16.2. The first-order chi connectivity index (χ1) is 11.9. The molecule has 2 aliphatic heterocycles. The van der Waals surface area contributed by atoms with Crippen LogP contribution >= 0.6 is 0 Å². The van der Waals surface area contributed by atoms with Crippen LogP contribution in [0.25, 0.3) is 0 Å². The fourth-order valence-electron chi connectivity index (χ4n) is 4.16. The van der Waals surface area contributed by atoms with Gasteiger partial charge in [0.1, 0.15) is 0 Å². The predicted molar refractivity (Wildman–Crippen MR) is 104 cm³/mol. The van der Waals surface area contributed by atoms with Crippen molar-refractivity contribution in [1.29, 1.82) is 0 Å². The second-order valence-electron chi connectivity index (χ2n) is 8.02. The number of nitrogens with zero attached hydrogens (tertiary/aromatic N) is 1. The van der Waals surface area contributed by atoms with Gasteiger partial charge in [-0.25, -0.2) is 0 Å². The second-order valence-corrected chi connectivity index (χ2v) is 8.02. The van der Waals surface area contributed by atoms with Gasteiger partial charge in [0.15, 0.2) is 0 Å². The van der Waals surface area contributed by atoms with Crippen molar-refractivity contribution in [3.63, 3.8) is 0 Å². The van der Waals surface area contributed by atoms with Crippen LogP contribution in [0.15, 0.2) is 0 Å². The SMILES string of the molecule is CCCCCCCCCCCCO[C@H]1CN[C@H](CN2CCCC2)C1. The topological polar surface area (TPSA) is 24.5 Å². The first kappa shape index (κ1) is 20.2. The number of hydrogen-bond donors (Lipinski definition) is 1. The third-order valence-electron chi connectivity index (χ3n) is 5.71. The van der Waals surface area contributed by atoms with E-state index in [1.165, 1.54) is 103 Å². The molecule has 2 saturated heterocycles. The molecule has 1 N–H and O–H groups in total. The Labute approximate surface area is 150 Å². The fourth-order valence-corrected chi connectivity index (χ4v) is 4.16. The van der Waals surface area contributed by atoms with Crippen molar-refractivity contribution in [3.8, 4) is 0 Å². The third-order valence-corrected chi connectivity index (χ3v) is 5.71. The highest BCUT2D eigenvalue weighted by atomic mass is 16.5. The van der Waals surface area contributed by atoms with Gasteiger partial charge in [-0.3, -0.25) is 0 Å². The molecule has 0 bridgehead atoms. The lowest BCUT2D eigenvalue weighted by Crippen LogP contribution is -2.35. The van der Waals surface area contributed by atoms with Crippen LogP contribution in [-0.4, -0.2) is 49.8 Å². The van der Waals surface area contributed by atoms with Crippen LogP contribution in [0, 0.1) is 0 Å². The van der Waals surface area contributed by atoms with E-state index in [0.29, 0.717) is 12.1 Å². The number of rotatable bonds is 14. The highest BCUT2D eigenvalue weighted by Gasteiger charge is 2.26. The van der Waals surface area contributed by atoms with Crippen LogP contribution < -0.4 is 5.32 Å². The lowest BCUT2D eigenvalue weighted by atomic mass is 10.1. The molecular weight excluding hydrogens is 296 g/mol. The molecule has 2 rings (SSSR count). The molecule has 0 aromatic carbocycles. The van der Waals surface area contributed by atoms with Crippen LogP contribution in [0.1, 0.15) is 90.4 Å². The normalized spacial score (nSPS) is 24.9. The van der Waals surface area contributed by atoms with Gasteiger partial charge in [0.25, 0.3) is 0 Å². The maximum Gasteiger partial charge on any atom is 0.0714 e. The molecule has 2 fully saturated rings. The van der Waals surface area contributed by atoms with Crippen molar-refractivity contribution in [1.82, 2.24) is 10.2 Å². The first-order valence-electron chi connectivity index (χ1n) is 11.0. The Bertz CT molecular complexity index is 292. The van der Waals surface area contributed by atoms with E-state index in [4.69, 9.17) is 4.74 Å². The van der Waals surface area contributed by atoms with Gasteiger partial charge in [0.05, 0.1) is 6.10 Å². The van der Waals surface area contributed by atoms with E-state index in [1.54, 1.807) is 0 Å². The highest BCUT2D eigenvalue weighted by Crippen LogP contribution is 2.16. The van der Waals surface area contributed by atoms with Gasteiger partial charge in [-0.2, -0.15) is 0 Å². The Hall–Kier alpha value is -0.120. The van der Waals surface area contributed by atoms with Gasteiger partial charge in [-0.15, -0.1) is 0 Å². The van der Waals surface area contributed by atoms with Gasteiger partial charge in [-0.05, 0) is 38.8 Å². The van der Waals surface area contributed by atoms with Crippen LogP contribution in [0.5, 0.6) is 0 Å². The minimum absolute atomic E-state index is 0.469. The minimum Gasteiger partial charge on any atom is -0.377 e. The van der Waals surface area contributed by atoms with Gasteiger partial charge in [0, 0.05) is 25.7 Å². The molecule has 3 nitrogen and oxygen atoms in total. The van der Waals surface area contributed by atoms with Crippen molar-refractivity contribution in [2.45, 2.75) is 103 Å². The van der Waals surface area contributed by atoms with Crippen molar-refractivity contribution in [2.24, 2.45) is 0 Å². The largest absolute Gasteiger partial charge is 0.377 e. The highest BCUT2D eigenvalue weighted by molar-refractivity contribution is 4.85. The summed E-state index contributed by atoms with van der Waals surface area (Å²) in [4.78, 5) is 2.61. The third kappa shape index (κ3) is 8.82. The number of likely N-dealkylation sites (tertiary alicyclic amines) is 1. The summed E-state index contributed by atoms with van der Waals surface area (Å²) < 4.78 is 6.09. The molecule has 0 radical (unpaired) electrons. The van der Waals surface area contributed by atoms with E-state index in [9.17, 15) is 0 Å². The summed E-state index contributed by atoms with van der Waals surface area (Å²) in [6.07, 6.45) is 18.5. The number of nitrogens with one attached hydrogen (secondary N) is 1. The Kier molecular flexibility index (Phi) is 11.1. The molecule has 2 heterocycles. The molecule has 0 amide bonds. The van der Waals surface area contributed by atoms with Gasteiger partial charge < -0.3 is 15.0 Å². The standard InChI is InChI=1S/C21H42N2O/c1-2-3-4-5-6-7-8-9-10-13-16-24-21-17-20(22-18-21)19-23-14-11-12-15-23/h20-22H,2-19H2,1H3/t20-,21+/m0/s1. The van der Waals surface area contributed by atoms with E-state index in [2.05, 4.69) is 17.1 Å². The van der Waals surface area contributed by atoms with Crippen molar-refractivity contribution in [3.05, 3.63) is 0 Å². The molecule has 0 saturated carbocycles. The zero-order chi connectivity index (χ0) is 16.9.